The van der Waals surface area contributed by atoms with Gasteiger partial charge in [-0.1, -0.05) is 26.2 Å². The van der Waals surface area contributed by atoms with Crippen molar-refractivity contribution in [2.45, 2.75) is 39.2 Å². The van der Waals surface area contributed by atoms with Crippen molar-refractivity contribution in [1.29, 1.82) is 0 Å². The Morgan fingerprint density at radius 1 is 1.03 bits per heavy atom. The monoisotopic (exact) mass is 402 g/mol. The van der Waals surface area contributed by atoms with Gasteiger partial charge in [-0.3, -0.25) is 25.2 Å². The minimum atomic E-state index is -0.558. The Balaban J connectivity index is 1.64. The number of unbranched alkanes of at least 4 members (excludes halogenated alkanes) is 3. The van der Waals surface area contributed by atoms with Gasteiger partial charge in [-0.2, -0.15) is 5.10 Å². The van der Waals surface area contributed by atoms with E-state index in [-0.39, 0.29) is 13.1 Å². The number of benzene rings is 1. The average molecular weight is 402 g/mol. The summed E-state index contributed by atoms with van der Waals surface area (Å²) in [4.78, 5) is 39.2. The lowest BCUT2D eigenvalue weighted by molar-refractivity contribution is -0.126. The molecule has 3 N–H and O–H groups in total. The maximum atomic E-state index is 12.1. The SMILES string of the molecule is CCCCCCOc1ccc(C(=O)NNC(=O)CNC(=O)Cn2cncn2)cc1. The van der Waals surface area contributed by atoms with Gasteiger partial charge in [0.05, 0.1) is 13.2 Å². The number of amides is 3. The van der Waals surface area contributed by atoms with E-state index in [2.05, 4.69) is 33.2 Å². The molecule has 10 heteroatoms. The highest BCUT2D eigenvalue weighted by Gasteiger charge is 2.09. The van der Waals surface area contributed by atoms with E-state index in [1.807, 2.05) is 0 Å². The Bertz CT molecular complexity index is 777. The van der Waals surface area contributed by atoms with Crippen LogP contribution in [0.15, 0.2) is 36.9 Å². The first-order chi connectivity index (χ1) is 14.1. The second-order valence-electron chi connectivity index (χ2n) is 6.31. The normalized spacial score (nSPS) is 10.2. The van der Waals surface area contributed by atoms with Gasteiger partial charge in [-0.25, -0.2) is 9.67 Å². The third-order valence-corrected chi connectivity index (χ3v) is 3.92. The number of hydrogen-bond acceptors (Lipinski definition) is 6. The van der Waals surface area contributed by atoms with Crippen molar-refractivity contribution in [3.63, 3.8) is 0 Å². The first-order valence-electron chi connectivity index (χ1n) is 9.49. The van der Waals surface area contributed by atoms with Crippen LogP contribution in [0.25, 0.3) is 0 Å². The summed E-state index contributed by atoms with van der Waals surface area (Å²) in [6.07, 6.45) is 7.20. The quantitative estimate of drug-likeness (QED) is 0.377. The van der Waals surface area contributed by atoms with Gasteiger partial charge < -0.3 is 10.1 Å². The molecule has 0 bridgehead atoms. The molecule has 0 fully saturated rings. The molecule has 0 radical (unpaired) electrons. The van der Waals surface area contributed by atoms with E-state index in [9.17, 15) is 14.4 Å². The maximum Gasteiger partial charge on any atom is 0.269 e. The molecular formula is C19H26N6O4. The molecular weight excluding hydrogens is 376 g/mol. The summed E-state index contributed by atoms with van der Waals surface area (Å²) >= 11 is 0. The Morgan fingerprint density at radius 3 is 2.52 bits per heavy atom. The zero-order valence-corrected chi connectivity index (χ0v) is 16.4. The van der Waals surface area contributed by atoms with Crippen LogP contribution in [0.3, 0.4) is 0 Å². The second kappa shape index (κ2) is 12.1. The minimum absolute atomic E-state index is 0.0489. The molecule has 3 amide bonds. The van der Waals surface area contributed by atoms with Crippen molar-refractivity contribution < 1.29 is 19.1 Å². The van der Waals surface area contributed by atoms with E-state index in [1.54, 1.807) is 24.3 Å². The van der Waals surface area contributed by atoms with Crippen LogP contribution in [0, 0.1) is 0 Å². The van der Waals surface area contributed by atoms with Gasteiger partial charge in [0.1, 0.15) is 24.9 Å². The Hall–Kier alpha value is -3.43. The number of hydrazine groups is 1. The van der Waals surface area contributed by atoms with E-state index in [1.165, 1.54) is 30.2 Å². The summed E-state index contributed by atoms with van der Waals surface area (Å²) in [6.45, 7) is 2.47. The van der Waals surface area contributed by atoms with E-state index in [4.69, 9.17) is 4.74 Å². The number of nitrogens with one attached hydrogen (secondary N) is 3. The maximum absolute atomic E-state index is 12.1. The Labute approximate surface area is 169 Å². The first kappa shape index (κ1) is 21.9. The fourth-order valence-corrected chi connectivity index (χ4v) is 2.36. The van der Waals surface area contributed by atoms with Crippen LogP contribution in [0.1, 0.15) is 43.0 Å². The van der Waals surface area contributed by atoms with Crippen LogP contribution in [-0.4, -0.2) is 45.6 Å². The number of ether oxygens (including phenoxy) is 1. The smallest absolute Gasteiger partial charge is 0.269 e. The molecule has 0 saturated heterocycles. The van der Waals surface area contributed by atoms with Gasteiger partial charge in [0.25, 0.3) is 11.8 Å². The molecule has 0 unspecified atom stereocenters. The molecule has 2 rings (SSSR count). The first-order valence-corrected chi connectivity index (χ1v) is 9.49. The molecule has 2 aromatic rings. The molecule has 0 spiro atoms. The minimum Gasteiger partial charge on any atom is -0.494 e. The lowest BCUT2D eigenvalue weighted by atomic mass is 10.2. The number of aromatic nitrogens is 3. The van der Waals surface area contributed by atoms with Crippen molar-refractivity contribution in [3.05, 3.63) is 42.5 Å². The van der Waals surface area contributed by atoms with Crippen molar-refractivity contribution in [2.75, 3.05) is 13.2 Å². The molecule has 10 nitrogen and oxygen atoms in total. The van der Waals surface area contributed by atoms with Gasteiger partial charge in [0, 0.05) is 5.56 Å². The average Bonchev–Trinajstić information content (AvgIpc) is 3.23. The topological polar surface area (TPSA) is 127 Å². The van der Waals surface area contributed by atoms with Crippen LogP contribution in [-0.2, 0) is 16.1 Å². The highest BCUT2D eigenvalue weighted by atomic mass is 16.5. The third-order valence-electron chi connectivity index (χ3n) is 3.92. The molecule has 29 heavy (non-hydrogen) atoms. The largest absolute Gasteiger partial charge is 0.494 e. The molecule has 1 aromatic carbocycles. The molecule has 1 heterocycles. The summed E-state index contributed by atoms with van der Waals surface area (Å²) in [6, 6.07) is 6.65. The van der Waals surface area contributed by atoms with E-state index < -0.39 is 17.7 Å². The fourth-order valence-electron chi connectivity index (χ4n) is 2.36. The predicted octanol–water partition coefficient (Wildman–Crippen LogP) is 0.815. The summed E-state index contributed by atoms with van der Waals surface area (Å²) < 4.78 is 6.95. The Kier molecular flexibility index (Phi) is 9.13. The van der Waals surface area contributed by atoms with E-state index >= 15 is 0 Å². The summed E-state index contributed by atoms with van der Waals surface area (Å²) in [5, 5.41) is 6.21. The highest BCUT2D eigenvalue weighted by Crippen LogP contribution is 2.13. The van der Waals surface area contributed by atoms with Crippen LogP contribution >= 0.6 is 0 Å². The number of nitrogens with zero attached hydrogens (tertiary/aromatic N) is 3. The van der Waals surface area contributed by atoms with Crippen LogP contribution in [0.5, 0.6) is 5.75 Å². The van der Waals surface area contributed by atoms with E-state index in [0.29, 0.717) is 17.9 Å². The van der Waals surface area contributed by atoms with Gasteiger partial charge in [0.15, 0.2) is 0 Å². The standard InChI is InChI=1S/C19H26N6O4/c1-2-3-4-5-10-29-16-8-6-15(7-9-16)19(28)24-23-17(26)11-21-18(27)12-25-14-20-13-22-25/h6-9,13-14H,2-5,10-12H2,1H3,(H,21,27)(H,23,26)(H,24,28). The molecule has 0 atom stereocenters. The second-order valence-corrected chi connectivity index (χ2v) is 6.31. The zero-order valence-electron chi connectivity index (χ0n) is 16.4. The van der Waals surface area contributed by atoms with Crippen molar-refractivity contribution in [1.82, 2.24) is 30.9 Å². The summed E-state index contributed by atoms with van der Waals surface area (Å²) in [7, 11) is 0. The number of hydrogen-bond donors (Lipinski definition) is 3. The number of carbonyl (C=O) groups excluding carboxylic acids is 3. The van der Waals surface area contributed by atoms with Gasteiger partial charge in [-0.15, -0.1) is 0 Å². The predicted molar refractivity (Wildman–Crippen MR) is 105 cm³/mol. The van der Waals surface area contributed by atoms with Crippen LogP contribution in [0.4, 0.5) is 0 Å². The number of rotatable bonds is 11. The lowest BCUT2D eigenvalue weighted by Gasteiger charge is -2.09. The summed E-state index contributed by atoms with van der Waals surface area (Å²) in [5.41, 5.74) is 4.91. The molecule has 1 aromatic heterocycles. The molecule has 0 aliphatic rings. The zero-order chi connectivity index (χ0) is 20.9. The van der Waals surface area contributed by atoms with Gasteiger partial charge in [-0.05, 0) is 30.7 Å². The molecule has 0 aliphatic heterocycles. The molecule has 0 aliphatic carbocycles. The van der Waals surface area contributed by atoms with Crippen LogP contribution < -0.4 is 20.9 Å². The Morgan fingerprint density at radius 2 is 1.83 bits per heavy atom. The van der Waals surface area contributed by atoms with Gasteiger partial charge in [0.2, 0.25) is 5.91 Å². The molecule has 0 saturated carbocycles. The van der Waals surface area contributed by atoms with Gasteiger partial charge >= 0.3 is 0 Å². The van der Waals surface area contributed by atoms with E-state index in [0.717, 1.165) is 12.8 Å². The highest BCUT2D eigenvalue weighted by molar-refractivity contribution is 5.95. The summed E-state index contributed by atoms with van der Waals surface area (Å²) in [5.74, 6) is -0.737. The van der Waals surface area contributed by atoms with Crippen molar-refractivity contribution in [3.8, 4) is 5.75 Å². The third kappa shape index (κ3) is 8.41. The van der Waals surface area contributed by atoms with Crippen molar-refractivity contribution in [2.24, 2.45) is 0 Å². The van der Waals surface area contributed by atoms with Crippen molar-refractivity contribution >= 4 is 17.7 Å². The number of carbonyl (C=O) groups is 3. The molecule has 156 valence electrons. The lowest BCUT2D eigenvalue weighted by Crippen LogP contribution is -2.46. The fraction of sp³-hybridized carbons (Fsp3) is 0.421. The van der Waals surface area contributed by atoms with Crippen LogP contribution in [0.2, 0.25) is 0 Å².